The molecule has 0 aliphatic heterocycles. The number of hydrogen-bond donors (Lipinski definition) is 0. The predicted molar refractivity (Wildman–Crippen MR) is 70.5 cm³/mol. The van der Waals surface area contributed by atoms with Crippen LogP contribution in [0.15, 0.2) is 29.2 Å². The third-order valence-corrected chi connectivity index (χ3v) is 4.76. The highest BCUT2D eigenvalue weighted by molar-refractivity contribution is 7.89. The summed E-state index contributed by atoms with van der Waals surface area (Å²) in [7, 11) is -3.31. The molecular formula is C13H21NO2S. The zero-order valence-electron chi connectivity index (χ0n) is 10.8. The maximum Gasteiger partial charge on any atom is 0.243 e. The topological polar surface area (TPSA) is 37.4 Å². The van der Waals surface area contributed by atoms with E-state index in [0.717, 1.165) is 18.4 Å². The lowest BCUT2D eigenvalue weighted by atomic mass is 10.2. The molecular weight excluding hydrogens is 234 g/mol. The predicted octanol–water partition coefficient (Wildman–Crippen LogP) is 2.81. The molecule has 0 aliphatic carbocycles. The summed E-state index contributed by atoms with van der Waals surface area (Å²) in [6.45, 7) is 7.01. The number of sulfonamides is 1. The number of rotatable bonds is 6. The van der Waals surface area contributed by atoms with Gasteiger partial charge in [0, 0.05) is 13.1 Å². The average molecular weight is 255 g/mol. The second-order valence-electron chi connectivity index (χ2n) is 4.16. The summed E-state index contributed by atoms with van der Waals surface area (Å²) < 4.78 is 26.2. The van der Waals surface area contributed by atoms with Crippen molar-refractivity contribution in [1.82, 2.24) is 4.31 Å². The first-order valence-electron chi connectivity index (χ1n) is 6.09. The van der Waals surface area contributed by atoms with Crippen LogP contribution in [0.5, 0.6) is 0 Å². The molecule has 0 saturated carbocycles. The van der Waals surface area contributed by atoms with Crippen molar-refractivity contribution < 1.29 is 8.42 Å². The molecule has 17 heavy (non-hydrogen) atoms. The Labute approximate surface area is 105 Å². The van der Waals surface area contributed by atoms with Gasteiger partial charge in [-0.2, -0.15) is 4.31 Å². The van der Waals surface area contributed by atoms with Gasteiger partial charge in [0.25, 0.3) is 0 Å². The molecule has 0 N–H and O–H groups in total. The van der Waals surface area contributed by atoms with Gasteiger partial charge in [-0.05, 0) is 25.5 Å². The Balaban J connectivity index is 2.95. The smallest absolute Gasteiger partial charge is 0.207 e. The molecule has 4 heteroatoms. The van der Waals surface area contributed by atoms with E-state index < -0.39 is 10.0 Å². The maximum absolute atomic E-state index is 12.3. The van der Waals surface area contributed by atoms with Crippen LogP contribution in [0.25, 0.3) is 0 Å². The Morgan fingerprint density at radius 2 is 1.71 bits per heavy atom. The normalized spacial score (nSPS) is 12.0. The summed E-state index contributed by atoms with van der Waals surface area (Å²) in [5.74, 6) is 0. The molecule has 0 radical (unpaired) electrons. The van der Waals surface area contributed by atoms with Crippen LogP contribution in [0, 0.1) is 6.92 Å². The first-order valence-corrected chi connectivity index (χ1v) is 7.53. The molecule has 1 rings (SSSR count). The first-order chi connectivity index (χ1) is 8.02. The largest absolute Gasteiger partial charge is 0.243 e. The Morgan fingerprint density at radius 1 is 1.12 bits per heavy atom. The van der Waals surface area contributed by atoms with Crippen LogP contribution >= 0.6 is 0 Å². The fourth-order valence-electron chi connectivity index (χ4n) is 1.64. The Bertz CT molecular complexity index is 437. The zero-order chi connectivity index (χ0) is 12.9. The maximum atomic E-state index is 12.3. The molecule has 0 fully saturated rings. The highest BCUT2D eigenvalue weighted by Gasteiger charge is 2.21. The van der Waals surface area contributed by atoms with E-state index in [4.69, 9.17) is 0 Å². The second kappa shape index (κ2) is 6.17. The van der Waals surface area contributed by atoms with Crippen molar-refractivity contribution in [2.75, 3.05) is 13.1 Å². The summed E-state index contributed by atoms with van der Waals surface area (Å²) in [6, 6.07) is 7.03. The van der Waals surface area contributed by atoms with Gasteiger partial charge in [0.1, 0.15) is 0 Å². The fraction of sp³-hybridized carbons (Fsp3) is 0.538. The quantitative estimate of drug-likeness (QED) is 0.784. The fourth-order valence-corrected chi connectivity index (χ4v) is 3.13. The van der Waals surface area contributed by atoms with Crippen LogP contribution in [-0.4, -0.2) is 25.8 Å². The highest BCUT2D eigenvalue weighted by atomic mass is 32.2. The molecule has 0 aliphatic rings. The minimum Gasteiger partial charge on any atom is -0.207 e. The summed E-state index contributed by atoms with van der Waals surface area (Å²) in [6.07, 6.45) is 1.90. The molecule has 0 unspecified atom stereocenters. The van der Waals surface area contributed by atoms with Crippen LogP contribution < -0.4 is 0 Å². The minimum absolute atomic E-state index is 0.390. The van der Waals surface area contributed by atoms with E-state index in [9.17, 15) is 8.42 Å². The summed E-state index contributed by atoms with van der Waals surface area (Å²) >= 11 is 0. The number of unbranched alkanes of at least 4 members (excludes halogenated alkanes) is 1. The molecule has 0 atom stereocenters. The lowest BCUT2D eigenvalue weighted by Gasteiger charge is -2.20. The summed E-state index contributed by atoms with van der Waals surface area (Å²) in [4.78, 5) is 0.390. The van der Waals surface area contributed by atoms with Crippen LogP contribution in [-0.2, 0) is 10.0 Å². The number of aryl methyl sites for hydroxylation is 1. The van der Waals surface area contributed by atoms with Crippen LogP contribution in [0.4, 0.5) is 0 Å². The van der Waals surface area contributed by atoms with E-state index >= 15 is 0 Å². The number of nitrogens with zero attached hydrogens (tertiary/aromatic N) is 1. The highest BCUT2D eigenvalue weighted by Crippen LogP contribution is 2.16. The molecule has 0 saturated heterocycles. The van der Waals surface area contributed by atoms with E-state index in [-0.39, 0.29) is 0 Å². The number of hydrogen-bond acceptors (Lipinski definition) is 2. The van der Waals surface area contributed by atoms with Gasteiger partial charge in [-0.25, -0.2) is 8.42 Å². The van der Waals surface area contributed by atoms with Crippen molar-refractivity contribution in [2.45, 2.75) is 38.5 Å². The van der Waals surface area contributed by atoms with Crippen molar-refractivity contribution in [3.8, 4) is 0 Å². The molecule has 0 bridgehead atoms. The van der Waals surface area contributed by atoms with Crippen LogP contribution in [0.3, 0.4) is 0 Å². The molecule has 0 aromatic heterocycles. The van der Waals surface area contributed by atoms with Gasteiger partial charge < -0.3 is 0 Å². The molecule has 0 spiro atoms. The Kier molecular flexibility index (Phi) is 5.15. The molecule has 3 nitrogen and oxygen atoms in total. The van der Waals surface area contributed by atoms with Crippen LogP contribution in [0.1, 0.15) is 32.3 Å². The van der Waals surface area contributed by atoms with Crippen LogP contribution in [0.2, 0.25) is 0 Å². The van der Waals surface area contributed by atoms with Gasteiger partial charge >= 0.3 is 0 Å². The van der Waals surface area contributed by atoms with Gasteiger partial charge in [-0.1, -0.05) is 38.0 Å². The van der Waals surface area contributed by atoms with Gasteiger partial charge in [-0.15, -0.1) is 0 Å². The van der Waals surface area contributed by atoms with E-state index in [1.54, 1.807) is 16.4 Å². The van der Waals surface area contributed by atoms with Gasteiger partial charge in [0.05, 0.1) is 4.90 Å². The standard InChI is InChI=1S/C13H21NO2S/c1-4-6-11-14(5-2)17(15,16)13-9-7-12(3)8-10-13/h7-10H,4-6,11H2,1-3H3. The van der Waals surface area contributed by atoms with Crippen molar-refractivity contribution in [1.29, 1.82) is 0 Å². The van der Waals surface area contributed by atoms with Gasteiger partial charge in [0.15, 0.2) is 0 Å². The van der Waals surface area contributed by atoms with E-state index in [2.05, 4.69) is 6.92 Å². The van der Waals surface area contributed by atoms with Gasteiger partial charge in [-0.3, -0.25) is 0 Å². The van der Waals surface area contributed by atoms with E-state index in [0.29, 0.717) is 18.0 Å². The van der Waals surface area contributed by atoms with E-state index in [1.807, 2.05) is 26.0 Å². The molecule has 0 amide bonds. The SMILES string of the molecule is CCCCN(CC)S(=O)(=O)c1ccc(C)cc1. The first kappa shape index (κ1) is 14.2. The molecule has 0 heterocycles. The Morgan fingerprint density at radius 3 is 2.18 bits per heavy atom. The molecule has 1 aromatic carbocycles. The van der Waals surface area contributed by atoms with Crippen molar-refractivity contribution in [3.05, 3.63) is 29.8 Å². The Hall–Kier alpha value is -0.870. The van der Waals surface area contributed by atoms with Crippen molar-refractivity contribution in [3.63, 3.8) is 0 Å². The minimum atomic E-state index is -3.31. The van der Waals surface area contributed by atoms with E-state index in [1.165, 1.54) is 0 Å². The molecule has 96 valence electrons. The van der Waals surface area contributed by atoms with Crippen molar-refractivity contribution in [2.24, 2.45) is 0 Å². The van der Waals surface area contributed by atoms with Gasteiger partial charge in [0.2, 0.25) is 10.0 Å². The molecule has 1 aromatic rings. The lowest BCUT2D eigenvalue weighted by molar-refractivity contribution is 0.419. The third kappa shape index (κ3) is 3.54. The number of benzene rings is 1. The average Bonchev–Trinajstić information content (AvgIpc) is 2.30. The second-order valence-corrected chi connectivity index (χ2v) is 6.10. The zero-order valence-corrected chi connectivity index (χ0v) is 11.6. The monoisotopic (exact) mass is 255 g/mol. The lowest BCUT2D eigenvalue weighted by Crippen LogP contribution is -2.31. The summed E-state index contributed by atoms with van der Waals surface area (Å²) in [5.41, 5.74) is 1.07. The third-order valence-electron chi connectivity index (χ3n) is 2.77. The van der Waals surface area contributed by atoms with Crippen molar-refractivity contribution >= 4 is 10.0 Å². The summed E-state index contributed by atoms with van der Waals surface area (Å²) in [5, 5.41) is 0.